The van der Waals surface area contributed by atoms with E-state index in [4.69, 9.17) is 4.74 Å². The fourth-order valence-corrected chi connectivity index (χ4v) is 3.49. The van der Waals surface area contributed by atoms with Crippen molar-refractivity contribution in [1.29, 1.82) is 0 Å². The second-order valence-electron chi connectivity index (χ2n) is 7.32. The van der Waals surface area contributed by atoms with E-state index in [9.17, 15) is 4.79 Å². The van der Waals surface area contributed by atoms with Crippen LogP contribution in [0.1, 0.15) is 23.6 Å². The standard InChI is InChI=1S/C23H25N3O2/c1-16-4-7-21(14-17(16)2)26-23(27)22(18(3)24-26)15-19-5-8-20(9-6-19)25-10-12-28-13-11-25/h4-9,14-15H,10-13H2,1-3H3/b22-15-. The Hall–Kier alpha value is -2.92. The third kappa shape index (κ3) is 3.58. The van der Waals surface area contributed by atoms with Crippen LogP contribution in [0.2, 0.25) is 0 Å². The Bertz CT molecular complexity index is 954. The highest BCUT2D eigenvalue weighted by Crippen LogP contribution is 2.27. The molecule has 0 N–H and O–H groups in total. The quantitative estimate of drug-likeness (QED) is 0.763. The molecule has 2 aromatic carbocycles. The highest BCUT2D eigenvalue weighted by Gasteiger charge is 2.28. The average Bonchev–Trinajstić information content (AvgIpc) is 2.99. The Morgan fingerprint density at radius 3 is 2.29 bits per heavy atom. The lowest BCUT2D eigenvalue weighted by Gasteiger charge is -2.28. The molecular formula is C23H25N3O2. The molecule has 2 aromatic rings. The van der Waals surface area contributed by atoms with Gasteiger partial charge in [-0.05, 0) is 67.8 Å². The van der Waals surface area contributed by atoms with E-state index in [2.05, 4.69) is 41.2 Å². The Balaban J connectivity index is 1.55. The number of hydrogen-bond donors (Lipinski definition) is 0. The normalized spacial score (nSPS) is 18.8. The minimum Gasteiger partial charge on any atom is -0.378 e. The molecule has 0 saturated carbocycles. The SMILES string of the molecule is CC1=NN(c2ccc(C)c(C)c2)C(=O)/C1=C\c1ccc(N2CCOCC2)cc1. The molecule has 4 rings (SSSR count). The maximum Gasteiger partial charge on any atom is 0.280 e. The summed E-state index contributed by atoms with van der Waals surface area (Å²) < 4.78 is 5.41. The molecule has 144 valence electrons. The predicted octanol–water partition coefficient (Wildman–Crippen LogP) is 3.95. The maximum atomic E-state index is 13.0. The van der Waals surface area contributed by atoms with Gasteiger partial charge in [0.25, 0.3) is 5.91 Å². The van der Waals surface area contributed by atoms with Gasteiger partial charge in [-0.25, -0.2) is 0 Å². The molecule has 1 fully saturated rings. The molecule has 5 heteroatoms. The van der Waals surface area contributed by atoms with Crippen molar-refractivity contribution >= 4 is 29.1 Å². The molecule has 28 heavy (non-hydrogen) atoms. The second kappa shape index (κ2) is 7.60. The molecule has 0 bridgehead atoms. The van der Waals surface area contributed by atoms with Crippen molar-refractivity contribution in [2.45, 2.75) is 20.8 Å². The number of hydrazone groups is 1. The molecular weight excluding hydrogens is 350 g/mol. The fourth-order valence-electron chi connectivity index (χ4n) is 3.49. The lowest BCUT2D eigenvalue weighted by atomic mass is 10.1. The zero-order chi connectivity index (χ0) is 19.7. The summed E-state index contributed by atoms with van der Waals surface area (Å²) >= 11 is 0. The van der Waals surface area contributed by atoms with Gasteiger partial charge in [-0.3, -0.25) is 4.79 Å². The third-order valence-corrected chi connectivity index (χ3v) is 5.38. The minimum absolute atomic E-state index is 0.0852. The Kier molecular flexibility index (Phi) is 5.01. The summed E-state index contributed by atoms with van der Waals surface area (Å²) in [4.78, 5) is 15.3. The number of nitrogens with zero attached hydrogens (tertiary/aromatic N) is 3. The number of aryl methyl sites for hydroxylation is 2. The summed E-state index contributed by atoms with van der Waals surface area (Å²) in [5.41, 5.74) is 6.71. The molecule has 1 amide bonds. The van der Waals surface area contributed by atoms with E-state index in [1.54, 1.807) is 0 Å². The molecule has 0 unspecified atom stereocenters. The molecule has 0 aromatic heterocycles. The molecule has 1 saturated heterocycles. The number of benzene rings is 2. The number of carbonyl (C=O) groups excluding carboxylic acids is 1. The molecule has 2 aliphatic heterocycles. The van der Waals surface area contributed by atoms with E-state index < -0.39 is 0 Å². The van der Waals surface area contributed by atoms with Crippen molar-refractivity contribution in [2.75, 3.05) is 36.2 Å². The van der Waals surface area contributed by atoms with Gasteiger partial charge in [-0.2, -0.15) is 10.1 Å². The highest BCUT2D eigenvalue weighted by molar-refractivity contribution is 6.32. The van der Waals surface area contributed by atoms with E-state index >= 15 is 0 Å². The van der Waals surface area contributed by atoms with E-state index in [1.165, 1.54) is 16.3 Å². The highest BCUT2D eigenvalue weighted by atomic mass is 16.5. The first-order valence-corrected chi connectivity index (χ1v) is 9.65. The number of amides is 1. The number of anilines is 2. The lowest BCUT2D eigenvalue weighted by molar-refractivity contribution is -0.114. The van der Waals surface area contributed by atoms with Crippen LogP contribution in [-0.2, 0) is 9.53 Å². The van der Waals surface area contributed by atoms with Gasteiger partial charge >= 0.3 is 0 Å². The van der Waals surface area contributed by atoms with Crippen molar-refractivity contribution in [2.24, 2.45) is 5.10 Å². The van der Waals surface area contributed by atoms with Crippen LogP contribution >= 0.6 is 0 Å². The number of carbonyl (C=O) groups is 1. The fraction of sp³-hybridized carbons (Fsp3) is 0.304. The first-order chi connectivity index (χ1) is 13.5. The van der Waals surface area contributed by atoms with Crippen molar-refractivity contribution < 1.29 is 9.53 Å². The summed E-state index contributed by atoms with van der Waals surface area (Å²) in [6, 6.07) is 14.3. The van der Waals surface area contributed by atoms with Gasteiger partial charge in [0.15, 0.2) is 0 Å². The molecule has 2 aliphatic rings. The Labute approximate surface area is 165 Å². The number of rotatable bonds is 3. The largest absolute Gasteiger partial charge is 0.378 e. The van der Waals surface area contributed by atoms with Gasteiger partial charge in [0.1, 0.15) is 0 Å². The van der Waals surface area contributed by atoms with Crippen molar-refractivity contribution in [1.82, 2.24) is 0 Å². The second-order valence-corrected chi connectivity index (χ2v) is 7.32. The van der Waals surface area contributed by atoms with Crippen LogP contribution in [0.5, 0.6) is 0 Å². The van der Waals surface area contributed by atoms with Gasteiger partial charge in [-0.1, -0.05) is 18.2 Å². The zero-order valence-corrected chi connectivity index (χ0v) is 16.6. The van der Waals surface area contributed by atoms with Crippen molar-refractivity contribution in [3.63, 3.8) is 0 Å². The number of morpholine rings is 1. The maximum absolute atomic E-state index is 13.0. The van der Waals surface area contributed by atoms with Crippen LogP contribution in [0.25, 0.3) is 6.08 Å². The summed E-state index contributed by atoms with van der Waals surface area (Å²) in [7, 11) is 0. The van der Waals surface area contributed by atoms with Gasteiger partial charge < -0.3 is 9.64 Å². The van der Waals surface area contributed by atoms with Gasteiger partial charge in [-0.15, -0.1) is 0 Å². The van der Waals surface area contributed by atoms with Crippen LogP contribution in [0.15, 0.2) is 53.1 Å². The first kappa shape index (κ1) is 18.4. The monoisotopic (exact) mass is 375 g/mol. The summed E-state index contributed by atoms with van der Waals surface area (Å²) in [5, 5.41) is 5.98. The minimum atomic E-state index is -0.0852. The van der Waals surface area contributed by atoms with Gasteiger partial charge in [0.2, 0.25) is 0 Å². The van der Waals surface area contributed by atoms with E-state index in [-0.39, 0.29) is 5.91 Å². The predicted molar refractivity (Wildman–Crippen MR) is 114 cm³/mol. The van der Waals surface area contributed by atoms with Crippen molar-refractivity contribution in [3.05, 3.63) is 64.7 Å². The van der Waals surface area contributed by atoms with Crippen molar-refractivity contribution in [3.8, 4) is 0 Å². The van der Waals surface area contributed by atoms with Crippen LogP contribution < -0.4 is 9.91 Å². The number of hydrogen-bond acceptors (Lipinski definition) is 4. The summed E-state index contributed by atoms with van der Waals surface area (Å²) in [6.07, 6.45) is 1.92. The Morgan fingerprint density at radius 1 is 0.929 bits per heavy atom. The van der Waals surface area contributed by atoms with Crippen LogP contribution in [0.3, 0.4) is 0 Å². The molecule has 2 heterocycles. The molecule has 0 atom stereocenters. The molecule has 0 spiro atoms. The van der Waals surface area contributed by atoms with Gasteiger partial charge in [0, 0.05) is 18.8 Å². The van der Waals surface area contributed by atoms with Gasteiger partial charge in [0.05, 0.1) is 30.2 Å². The topological polar surface area (TPSA) is 45.1 Å². The average molecular weight is 375 g/mol. The smallest absolute Gasteiger partial charge is 0.280 e. The number of ether oxygens (including phenoxy) is 1. The third-order valence-electron chi connectivity index (χ3n) is 5.38. The van der Waals surface area contributed by atoms with Crippen LogP contribution in [-0.4, -0.2) is 37.9 Å². The van der Waals surface area contributed by atoms with Crippen LogP contribution in [0, 0.1) is 13.8 Å². The molecule has 0 radical (unpaired) electrons. The zero-order valence-electron chi connectivity index (χ0n) is 16.6. The Morgan fingerprint density at radius 2 is 1.61 bits per heavy atom. The van der Waals surface area contributed by atoms with E-state index in [0.717, 1.165) is 48.8 Å². The van der Waals surface area contributed by atoms with Crippen LogP contribution in [0.4, 0.5) is 11.4 Å². The summed E-state index contributed by atoms with van der Waals surface area (Å²) in [6.45, 7) is 9.35. The first-order valence-electron chi connectivity index (χ1n) is 9.65. The molecule has 0 aliphatic carbocycles. The summed E-state index contributed by atoms with van der Waals surface area (Å²) in [5.74, 6) is -0.0852. The lowest BCUT2D eigenvalue weighted by Crippen LogP contribution is -2.36. The van der Waals surface area contributed by atoms with E-state index in [1.807, 2.05) is 38.1 Å². The van der Waals surface area contributed by atoms with E-state index in [0.29, 0.717) is 5.57 Å². The molecule has 5 nitrogen and oxygen atoms in total.